The molecule has 18 aromatic rings. The number of para-hydroxylation sites is 5. The van der Waals surface area contributed by atoms with E-state index in [1.165, 1.54) is 16.5 Å². The van der Waals surface area contributed by atoms with Crippen molar-refractivity contribution in [3.8, 4) is 50.4 Å². The van der Waals surface area contributed by atoms with Crippen molar-refractivity contribution < 1.29 is 9.21 Å². The van der Waals surface area contributed by atoms with Crippen LogP contribution in [-0.4, -0.2) is 38.5 Å². The minimum Gasteiger partial charge on any atom is -0.456 e. The lowest BCUT2D eigenvalue weighted by atomic mass is 9.74. The van der Waals surface area contributed by atoms with Gasteiger partial charge in [0.15, 0.2) is 0 Å². The minimum absolute atomic E-state index is 0.0820. The third-order valence-electron chi connectivity index (χ3n) is 19.2. The number of carbonyl (C=O) groups is 1. The number of rotatable bonds is 4. The second-order valence-electron chi connectivity index (χ2n) is 23.9. The number of nitrogens with zero attached hydrogens (tertiary/aromatic N) is 7. The second-order valence-corrected chi connectivity index (χ2v) is 23.9. The van der Waals surface area contributed by atoms with Crippen LogP contribution in [0.2, 0.25) is 0 Å². The second kappa shape index (κ2) is 16.4. The maximum Gasteiger partial charge on any atom is 0.267 e. The zero-order valence-corrected chi connectivity index (χ0v) is 46.9. The molecule has 1 aliphatic carbocycles. The zero-order chi connectivity index (χ0) is 57.3. The lowest BCUT2D eigenvalue weighted by molar-refractivity contribution is 0.0948. The van der Waals surface area contributed by atoms with Gasteiger partial charge < -0.3 is 13.6 Å². The Kier molecular flexibility index (Phi) is 8.81. The van der Waals surface area contributed by atoms with Gasteiger partial charge >= 0.3 is 0 Å². The molecule has 0 bridgehead atoms. The van der Waals surface area contributed by atoms with E-state index in [2.05, 4.69) is 197 Å². The number of benzene rings is 12. The van der Waals surface area contributed by atoms with E-state index in [4.69, 9.17) is 14.4 Å². The predicted molar refractivity (Wildman–Crippen MR) is 351 cm³/mol. The zero-order valence-electron chi connectivity index (χ0n) is 46.9. The number of fused-ring (bicyclic) bond motifs is 22. The summed E-state index contributed by atoms with van der Waals surface area (Å²) in [5.41, 5.74) is 20.3. The summed E-state index contributed by atoms with van der Waals surface area (Å²) < 4.78 is 16.7. The molecular formula is C77H45N7O3. The summed E-state index contributed by atoms with van der Waals surface area (Å²) in [4.78, 5) is 41.0. The largest absolute Gasteiger partial charge is 0.456 e. The number of furan rings is 1. The fourth-order valence-corrected chi connectivity index (χ4v) is 15.5. The van der Waals surface area contributed by atoms with Crippen molar-refractivity contribution in [2.24, 2.45) is 0 Å². The Hall–Kier alpha value is -11.6. The predicted octanol–water partition coefficient (Wildman–Crippen LogP) is 18.0. The topological polar surface area (TPSA) is 97.2 Å². The van der Waals surface area contributed by atoms with Gasteiger partial charge in [0.25, 0.3) is 11.5 Å². The Labute approximate surface area is 493 Å². The maximum absolute atomic E-state index is 15.4. The summed E-state index contributed by atoms with van der Waals surface area (Å²) in [6.45, 7) is 4.43. The molecule has 1 aliphatic heterocycles. The van der Waals surface area contributed by atoms with Crippen molar-refractivity contribution in [2.75, 3.05) is 0 Å². The molecule has 12 aromatic carbocycles. The first kappa shape index (κ1) is 46.8. The highest BCUT2D eigenvalue weighted by Crippen LogP contribution is 2.53. The van der Waals surface area contributed by atoms with Crippen molar-refractivity contribution in [3.63, 3.8) is 0 Å². The molecule has 0 saturated carbocycles. The van der Waals surface area contributed by atoms with E-state index in [9.17, 15) is 4.79 Å². The fraction of sp³-hybridized carbons (Fsp3) is 0.0390. The van der Waals surface area contributed by atoms with Gasteiger partial charge in [0.1, 0.15) is 22.5 Å². The first-order valence-corrected chi connectivity index (χ1v) is 29.5. The van der Waals surface area contributed by atoms with Crippen molar-refractivity contribution >= 4 is 121 Å². The average Bonchev–Trinajstić information content (AvgIpc) is 1.63. The van der Waals surface area contributed by atoms with Gasteiger partial charge in [-0.05, 0) is 161 Å². The standard InChI is InChI=1S/C77H45N7O3/c1-77(2)70-45(22-14-25-54(70)74(86)83-63-37-35-61-68(71(63)78-75(77)83)51-19-6-10-26-57(51)80(61)44-31-39-66-56(41-44)47-18-9-13-29-65(47)87-66)42-30-32-46-49-33-34-60(50-24-15-23-48(67(49)50)55(46)40-42)82-58-27-11-7-20-52(58)69-62(82)36-38-64-72(69)79-76-81(43-16-4-3-5-17-43)59-28-12-8-21-53(59)73(85)84(64)76/h3-41H,1-2H3. The molecule has 87 heavy (non-hydrogen) atoms. The fourth-order valence-electron chi connectivity index (χ4n) is 15.5. The Morgan fingerprint density at radius 3 is 1.77 bits per heavy atom. The van der Waals surface area contributed by atoms with Crippen LogP contribution in [0.25, 0.3) is 166 Å². The lowest BCUT2D eigenvalue weighted by Crippen LogP contribution is -2.35. The van der Waals surface area contributed by atoms with Crippen LogP contribution < -0.4 is 5.56 Å². The summed E-state index contributed by atoms with van der Waals surface area (Å²) in [5, 5.41) is 9.20. The summed E-state index contributed by atoms with van der Waals surface area (Å²) in [6, 6.07) is 82.2. The Morgan fingerprint density at radius 2 is 0.966 bits per heavy atom. The molecule has 0 saturated heterocycles. The number of imidazole rings is 2. The molecule has 0 amide bonds. The van der Waals surface area contributed by atoms with Crippen molar-refractivity contribution in [3.05, 3.63) is 264 Å². The lowest BCUT2D eigenvalue weighted by Gasteiger charge is -2.34. The van der Waals surface area contributed by atoms with Crippen LogP contribution in [-0.2, 0) is 5.41 Å². The number of aromatic nitrogens is 7. The molecule has 0 radical (unpaired) electrons. The number of carbonyl (C=O) groups excluding carboxylic acids is 1. The molecule has 6 aromatic heterocycles. The van der Waals surface area contributed by atoms with Gasteiger partial charge in [0.2, 0.25) is 5.78 Å². The summed E-state index contributed by atoms with van der Waals surface area (Å²) in [6.07, 6.45) is 0. The van der Waals surface area contributed by atoms with Gasteiger partial charge in [0, 0.05) is 60.1 Å². The SMILES string of the molecule is CC1(C)c2c(cccc2-c2ccc3c(c2)-c2cccc4c(-n5c6ccccc6c6c7nc8n(-c9ccccc9)c9ccccc9c(=O)n8c7ccc65)ccc-3c24)C(=O)n2c1nc1c3c4ccccc4n(-c4ccc5oc6ccccc6c5c4)c3ccc12. The number of hydrogen-bond acceptors (Lipinski definition) is 5. The molecule has 0 spiro atoms. The molecule has 406 valence electrons. The molecule has 7 heterocycles. The van der Waals surface area contributed by atoms with E-state index >= 15 is 4.79 Å². The van der Waals surface area contributed by atoms with Gasteiger partial charge in [0.05, 0.1) is 55.2 Å². The summed E-state index contributed by atoms with van der Waals surface area (Å²) in [5.74, 6) is 1.20. The molecule has 0 atom stereocenters. The van der Waals surface area contributed by atoms with Gasteiger partial charge in [-0.2, -0.15) is 0 Å². The van der Waals surface area contributed by atoms with E-state index in [-0.39, 0.29) is 11.5 Å². The maximum atomic E-state index is 15.4. The van der Waals surface area contributed by atoms with Crippen LogP contribution in [0.4, 0.5) is 0 Å². The van der Waals surface area contributed by atoms with E-state index in [1.54, 1.807) is 4.40 Å². The van der Waals surface area contributed by atoms with Crippen molar-refractivity contribution in [1.82, 2.24) is 32.6 Å². The van der Waals surface area contributed by atoms with Gasteiger partial charge in [-0.3, -0.25) is 18.7 Å². The highest BCUT2D eigenvalue weighted by atomic mass is 16.3. The van der Waals surface area contributed by atoms with Crippen LogP contribution in [0, 0.1) is 0 Å². The van der Waals surface area contributed by atoms with Gasteiger partial charge in [-0.1, -0.05) is 133 Å². The van der Waals surface area contributed by atoms with Crippen LogP contribution >= 0.6 is 0 Å². The molecular weight excluding hydrogens is 1070 g/mol. The van der Waals surface area contributed by atoms with E-state index in [0.29, 0.717) is 16.7 Å². The number of hydrogen-bond donors (Lipinski definition) is 0. The summed E-state index contributed by atoms with van der Waals surface area (Å²) >= 11 is 0. The molecule has 10 heteroatoms. The highest BCUT2D eigenvalue weighted by molar-refractivity contribution is 6.24. The van der Waals surface area contributed by atoms with Gasteiger partial charge in [-0.25, -0.2) is 14.4 Å². The van der Waals surface area contributed by atoms with E-state index in [0.717, 1.165) is 149 Å². The highest BCUT2D eigenvalue weighted by Gasteiger charge is 2.42. The third-order valence-corrected chi connectivity index (χ3v) is 19.2. The van der Waals surface area contributed by atoms with Crippen LogP contribution in [0.1, 0.15) is 35.6 Å². The summed E-state index contributed by atoms with van der Waals surface area (Å²) in [7, 11) is 0. The quantitative estimate of drug-likeness (QED) is 0.175. The Balaban J connectivity index is 0.728. The molecule has 2 aliphatic rings. The molecule has 10 nitrogen and oxygen atoms in total. The first-order valence-electron chi connectivity index (χ1n) is 29.5. The van der Waals surface area contributed by atoms with Crippen molar-refractivity contribution in [1.29, 1.82) is 0 Å². The van der Waals surface area contributed by atoms with E-state index in [1.807, 2.05) is 71.3 Å². The molecule has 0 unspecified atom stereocenters. The Morgan fingerprint density at radius 1 is 0.368 bits per heavy atom. The van der Waals surface area contributed by atoms with Gasteiger partial charge in [-0.15, -0.1) is 0 Å². The van der Waals surface area contributed by atoms with Crippen molar-refractivity contribution in [2.45, 2.75) is 19.3 Å². The molecule has 0 N–H and O–H groups in total. The van der Waals surface area contributed by atoms with Crippen LogP contribution in [0.3, 0.4) is 0 Å². The normalized spacial score (nSPS) is 13.6. The molecule has 0 fully saturated rings. The molecule has 20 rings (SSSR count). The monoisotopic (exact) mass is 1120 g/mol. The smallest absolute Gasteiger partial charge is 0.267 e. The third kappa shape index (κ3) is 5.88. The first-order chi connectivity index (χ1) is 42.8. The average molecular weight is 1120 g/mol. The van der Waals surface area contributed by atoms with Crippen LogP contribution in [0.5, 0.6) is 0 Å². The van der Waals surface area contributed by atoms with E-state index < -0.39 is 5.41 Å². The Bertz CT molecular complexity index is 6280. The minimum atomic E-state index is -0.681. The van der Waals surface area contributed by atoms with Crippen LogP contribution in [0.15, 0.2) is 246 Å².